The van der Waals surface area contributed by atoms with Gasteiger partial charge in [-0.15, -0.1) is 0 Å². The summed E-state index contributed by atoms with van der Waals surface area (Å²) in [6.07, 6.45) is 7.12. The second kappa shape index (κ2) is 8.35. The number of nitrogens with zero attached hydrogens (tertiary/aromatic N) is 2. The molecule has 4 heteroatoms. The van der Waals surface area contributed by atoms with Crippen molar-refractivity contribution in [2.45, 2.75) is 38.6 Å². The Hall–Kier alpha value is -1.13. The molecule has 1 aliphatic heterocycles. The fourth-order valence-electron chi connectivity index (χ4n) is 3.50. The number of aromatic nitrogens is 1. The van der Waals surface area contributed by atoms with Gasteiger partial charge < -0.3 is 10.1 Å². The van der Waals surface area contributed by atoms with Crippen molar-refractivity contribution in [3.05, 3.63) is 23.9 Å². The zero-order chi connectivity index (χ0) is 15.1. The summed E-state index contributed by atoms with van der Waals surface area (Å²) in [5.74, 6) is 1.35. The number of likely N-dealkylation sites (tertiary alicyclic amines) is 1. The molecule has 0 aliphatic carbocycles. The summed E-state index contributed by atoms with van der Waals surface area (Å²) in [6.45, 7) is 5.69. The highest BCUT2D eigenvalue weighted by molar-refractivity contribution is 5.22. The molecular weight excluding hydrogens is 262 g/mol. The van der Waals surface area contributed by atoms with Gasteiger partial charge in [0.15, 0.2) is 0 Å². The second-order valence-corrected chi connectivity index (χ2v) is 5.93. The number of ether oxygens (including phenoxy) is 1. The Kier molecular flexibility index (Phi) is 6.46. The van der Waals surface area contributed by atoms with E-state index in [0.717, 1.165) is 13.1 Å². The molecule has 118 valence electrons. The van der Waals surface area contributed by atoms with Crippen LogP contribution in [0.4, 0.5) is 0 Å². The van der Waals surface area contributed by atoms with Crippen LogP contribution in [-0.4, -0.2) is 43.7 Å². The lowest BCUT2D eigenvalue weighted by atomic mass is 9.89. The summed E-state index contributed by atoms with van der Waals surface area (Å²) in [5, 5.41) is 3.38. The van der Waals surface area contributed by atoms with E-state index >= 15 is 0 Å². The molecule has 1 aliphatic rings. The summed E-state index contributed by atoms with van der Waals surface area (Å²) in [5.41, 5.74) is 1.33. The number of rotatable bonds is 6. The van der Waals surface area contributed by atoms with E-state index in [1.165, 1.54) is 37.8 Å². The fraction of sp³-hybridized carbons (Fsp3) is 0.706. The first-order valence-corrected chi connectivity index (χ1v) is 8.18. The van der Waals surface area contributed by atoms with Crippen molar-refractivity contribution in [1.82, 2.24) is 15.2 Å². The van der Waals surface area contributed by atoms with E-state index in [1.54, 1.807) is 7.11 Å². The van der Waals surface area contributed by atoms with Gasteiger partial charge in [-0.05, 0) is 57.4 Å². The van der Waals surface area contributed by atoms with Gasteiger partial charge in [0, 0.05) is 18.3 Å². The Morgan fingerprint density at radius 3 is 2.86 bits per heavy atom. The SMILES string of the molecule is CCCN1CCCCC(CNC)C1c1ccc(OC)nc1. The van der Waals surface area contributed by atoms with Crippen molar-refractivity contribution in [3.63, 3.8) is 0 Å². The topological polar surface area (TPSA) is 37.4 Å². The average molecular weight is 291 g/mol. The highest BCUT2D eigenvalue weighted by Crippen LogP contribution is 2.35. The highest BCUT2D eigenvalue weighted by Gasteiger charge is 2.30. The fourth-order valence-corrected chi connectivity index (χ4v) is 3.50. The largest absolute Gasteiger partial charge is 0.481 e. The first-order chi connectivity index (χ1) is 10.3. The van der Waals surface area contributed by atoms with Crippen molar-refractivity contribution in [2.75, 3.05) is 33.8 Å². The zero-order valence-corrected chi connectivity index (χ0v) is 13.6. The second-order valence-electron chi connectivity index (χ2n) is 5.93. The lowest BCUT2D eigenvalue weighted by molar-refractivity contribution is 0.154. The molecule has 4 nitrogen and oxygen atoms in total. The Bertz CT molecular complexity index is 391. The van der Waals surface area contributed by atoms with Gasteiger partial charge >= 0.3 is 0 Å². The van der Waals surface area contributed by atoms with Crippen molar-refractivity contribution < 1.29 is 4.74 Å². The van der Waals surface area contributed by atoms with Crippen LogP contribution >= 0.6 is 0 Å². The van der Waals surface area contributed by atoms with Gasteiger partial charge in [0.05, 0.1) is 7.11 Å². The van der Waals surface area contributed by atoms with Crippen LogP contribution in [0.3, 0.4) is 0 Å². The van der Waals surface area contributed by atoms with E-state index in [-0.39, 0.29) is 0 Å². The predicted molar refractivity (Wildman–Crippen MR) is 86.7 cm³/mol. The molecule has 1 saturated heterocycles. The van der Waals surface area contributed by atoms with Crippen LogP contribution in [0.15, 0.2) is 18.3 Å². The molecule has 2 unspecified atom stereocenters. The molecule has 1 fully saturated rings. The summed E-state index contributed by atoms with van der Waals surface area (Å²) >= 11 is 0. The van der Waals surface area contributed by atoms with Gasteiger partial charge in [0.25, 0.3) is 0 Å². The molecule has 2 rings (SSSR count). The lowest BCUT2D eigenvalue weighted by Gasteiger charge is -2.35. The first kappa shape index (κ1) is 16.2. The normalized spacial score (nSPS) is 23.8. The molecule has 2 atom stereocenters. The van der Waals surface area contributed by atoms with Crippen molar-refractivity contribution in [1.29, 1.82) is 0 Å². The van der Waals surface area contributed by atoms with Gasteiger partial charge in [0.2, 0.25) is 5.88 Å². The van der Waals surface area contributed by atoms with Gasteiger partial charge in [0.1, 0.15) is 0 Å². The monoisotopic (exact) mass is 291 g/mol. The smallest absolute Gasteiger partial charge is 0.212 e. The average Bonchev–Trinajstić information content (AvgIpc) is 2.71. The highest BCUT2D eigenvalue weighted by atomic mass is 16.5. The minimum absolute atomic E-state index is 0.471. The van der Waals surface area contributed by atoms with Crippen LogP contribution in [0.5, 0.6) is 5.88 Å². The van der Waals surface area contributed by atoms with Crippen LogP contribution in [0, 0.1) is 5.92 Å². The zero-order valence-electron chi connectivity index (χ0n) is 13.6. The van der Waals surface area contributed by atoms with Gasteiger partial charge in [-0.3, -0.25) is 4.90 Å². The molecule has 21 heavy (non-hydrogen) atoms. The molecule has 2 heterocycles. The van der Waals surface area contributed by atoms with Crippen molar-refractivity contribution in [3.8, 4) is 5.88 Å². The molecule has 0 saturated carbocycles. The standard InChI is InChI=1S/C17H29N3O/c1-4-10-20-11-6-5-7-14(12-18-2)17(20)15-8-9-16(21-3)19-13-15/h8-9,13-14,17-18H,4-7,10-12H2,1-3H3. The molecule has 0 radical (unpaired) electrons. The third-order valence-electron chi connectivity index (χ3n) is 4.40. The summed E-state index contributed by atoms with van der Waals surface area (Å²) in [7, 11) is 3.72. The van der Waals surface area contributed by atoms with Crippen molar-refractivity contribution in [2.24, 2.45) is 5.92 Å². The van der Waals surface area contributed by atoms with Crippen LogP contribution in [-0.2, 0) is 0 Å². The lowest BCUT2D eigenvalue weighted by Crippen LogP contribution is -2.37. The first-order valence-electron chi connectivity index (χ1n) is 8.18. The summed E-state index contributed by atoms with van der Waals surface area (Å²) in [6, 6.07) is 4.65. The predicted octanol–water partition coefficient (Wildman–Crippen LogP) is 2.86. The number of nitrogens with one attached hydrogen (secondary N) is 1. The molecule has 1 aromatic heterocycles. The minimum Gasteiger partial charge on any atom is -0.481 e. The third kappa shape index (κ3) is 4.17. The Labute approximate surface area is 128 Å². The maximum Gasteiger partial charge on any atom is 0.212 e. The number of pyridine rings is 1. The van der Waals surface area contributed by atoms with Crippen LogP contribution in [0.1, 0.15) is 44.2 Å². The Morgan fingerprint density at radius 1 is 1.38 bits per heavy atom. The van der Waals surface area contributed by atoms with Gasteiger partial charge in [-0.2, -0.15) is 0 Å². The summed E-state index contributed by atoms with van der Waals surface area (Å²) < 4.78 is 5.19. The molecule has 0 bridgehead atoms. The van der Waals surface area contributed by atoms with E-state index < -0.39 is 0 Å². The van der Waals surface area contributed by atoms with Gasteiger partial charge in [-0.25, -0.2) is 4.98 Å². The number of hydrogen-bond donors (Lipinski definition) is 1. The quantitative estimate of drug-likeness (QED) is 0.874. The molecule has 0 aromatic carbocycles. The van der Waals surface area contributed by atoms with E-state index in [0.29, 0.717) is 17.8 Å². The maximum absolute atomic E-state index is 5.19. The molecular formula is C17H29N3O. The van der Waals surface area contributed by atoms with Gasteiger partial charge in [-0.1, -0.05) is 19.4 Å². The maximum atomic E-state index is 5.19. The van der Waals surface area contributed by atoms with Crippen LogP contribution in [0.25, 0.3) is 0 Å². The Balaban J connectivity index is 2.27. The van der Waals surface area contributed by atoms with E-state index in [2.05, 4.69) is 35.2 Å². The summed E-state index contributed by atoms with van der Waals surface area (Å²) in [4.78, 5) is 7.07. The number of methoxy groups -OCH3 is 1. The van der Waals surface area contributed by atoms with E-state index in [1.807, 2.05) is 12.3 Å². The molecule has 0 amide bonds. The third-order valence-corrected chi connectivity index (χ3v) is 4.40. The van der Waals surface area contributed by atoms with E-state index in [9.17, 15) is 0 Å². The van der Waals surface area contributed by atoms with Crippen molar-refractivity contribution >= 4 is 0 Å². The Morgan fingerprint density at radius 2 is 2.24 bits per heavy atom. The molecule has 0 spiro atoms. The molecule has 1 N–H and O–H groups in total. The van der Waals surface area contributed by atoms with Crippen LogP contribution in [0.2, 0.25) is 0 Å². The van der Waals surface area contributed by atoms with E-state index in [4.69, 9.17) is 4.74 Å². The number of hydrogen-bond acceptors (Lipinski definition) is 4. The van der Waals surface area contributed by atoms with Crippen LogP contribution < -0.4 is 10.1 Å². The molecule has 1 aromatic rings. The minimum atomic E-state index is 0.471.